The molecule has 22 heavy (non-hydrogen) atoms. The van der Waals surface area contributed by atoms with E-state index in [-0.39, 0.29) is 0 Å². The van der Waals surface area contributed by atoms with Crippen molar-refractivity contribution in [3.8, 4) is 0 Å². The van der Waals surface area contributed by atoms with E-state index in [2.05, 4.69) is 16.3 Å². The molecule has 0 amide bonds. The average molecular weight is 296 g/mol. The fourth-order valence-corrected chi connectivity index (χ4v) is 2.46. The van der Waals surface area contributed by atoms with Gasteiger partial charge in [0.1, 0.15) is 30.4 Å². The molecular weight excluding hydrogens is 278 g/mol. The highest BCUT2D eigenvalue weighted by atomic mass is 16.3. The molecule has 0 spiro atoms. The van der Waals surface area contributed by atoms with Crippen molar-refractivity contribution in [2.24, 2.45) is 17.8 Å². The smallest absolute Gasteiger partial charge is 0.194 e. The summed E-state index contributed by atoms with van der Waals surface area (Å²) in [7, 11) is 2.00. The lowest BCUT2D eigenvalue weighted by Gasteiger charge is -1.99. The van der Waals surface area contributed by atoms with Crippen LogP contribution >= 0.6 is 0 Å². The highest BCUT2D eigenvalue weighted by Gasteiger charge is 2.21. The van der Waals surface area contributed by atoms with Crippen LogP contribution in [0.4, 0.5) is 0 Å². The van der Waals surface area contributed by atoms with Crippen LogP contribution in [-0.4, -0.2) is 21.7 Å². The molecular formula is C16H18N5O+. The number of aryl methyl sites for hydroxylation is 1. The summed E-state index contributed by atoms with van der Waals surface area (Å²) in [5.74, 6) is 1.38. The van der Waals surface area contributed by atoms with Crippen LogP contribution in [0, 0.1) is 0 Å². The second-order valence-corrected chi connectivity index (χ2v) is 5.80. The van der Waals surface area contributed by atoms with Gasteiger partial charge in [0.2, 0.25) is 0 Å². The summed E-state index contributed by atoms with van der Waals surface area (Å²) in [6.07, 6.45) is 9.87. The van der Waals surface area contributed by atoms with Crippen molar-refractivity contribution >= 4 is 16.7 Å². The minimum absolute atomic E-state index is 0.411. The van der Waals surface area contributed by atoms with Gasteiger partial charge in [0.25, 0.3) is 0 Å². The van der Waals surface area contributed by atoms with E-state index >= 15 is 0 Å². The summed E-state index contributed by atoms with van der Waals surface area (Å²) in [6, 6.07) is 4.40. The number of nitrogens with two attached hydrogens (primary N) is 1. The normalized spacial score (nSPS) is 15.6. The van der Waals surface area contributed by atoms with E-state index in [1.807, 2.05) is 40.8 Å². The van der Waals surface area contributed by atoms with Gasteiger partial charge in [0.05, 0.1) is 24.3 Å². The Bertz CT molecular complexity index is 856. The quantitative estimate of drug-likeness (QED) is 0.449. The Kier molecular flexibility index (Phi) is 2.96. The molecule has 6 nitrogen and oxygen atoms in total. The maximum Gasteiger partial charge on any atom is 0.194 e. The summed E-state index contributed by atoms with van der Waals surface area (Å²) >= 11 is 0. The predicted octanol–water partition coefficient (Wildman–Crippen LogP) is 1.37. The predicted molar refractivity (Wildman–Crippen MR) is 82.5 cm³/mol. The zero-order valence-corrected chi connectivity index (χ0v) is 12.4. The number of aliphatic imine (C=N–C) groups is 1. The van der Waals surface area contributed by atoms with Gasteiger partial charge in [0.15, 0.2) is 12.4 Å². The zero-order chi connectivity index (χ0) is 15.1. The molecule has 112 valence electrons. The van der Waals surface area contributed by atoms with Gasteiger partial charge in [-0.25, -0.2) is 4.57 Å². The first-order chi connectivity index (χ1) is 10.7. The maximum absolute atomic E-state index is 6.00. The lowest BCUT2D eigenvalue weighted by molar-refractivity contribution is -0.670. The fraction of sp³-hybridized carbons (Fsp3) is 0.312. The zero-order valence-electron chi connectivity index (χ0n) is 12.4. The van der Waals surface area contributed by atoms with Gasteiger partial charge in [0, 0.05) is 11.5 Å². The van der Waals surface area contributed by atoms with E-state index in [1.165, 1.54) is 0 Å². The molecule has 6 heteroatoms. The van der Waals surface area contributed by atoms with Gasteiger partial charge in [-0.2, -0.15) is 5.10 Å². The third-order valence-corrected chi connectivity index (χ3v) is 3.85. The van der Waals surface area contributed by atoms with E-state index in [4.69, 9.17) is 10.2 Å². The summed E-state index contributed by atoms with van der Waals surface area (Å²) in [5, 5.41) is 5.54. The first-order valence-electron chi connectivity index (χ1n) is 7.41. The van der Waals surface area contributed by atoms with E-state index in [1.54, 1.807) is 6.26 Å². The van der Waals surface area contributed by atoms with Crippen LogP contribution in [0.2, 0.25) is 0 Å². The lowest BCUT2D eigenvalue weighted by Crippen LogP contribution is -2.26. The van der Waals surface area contributed by atoms with Gasteiger partial charge in [-0.1, -0.05) is 0 Å². The van der Waals surface area contributed by atoms with Crippen LogP contribution < -0.4 is 10.3 Å². The Labute approximate surface area is 127 Å². The Morgan fingerprint density at radius 2 is 2.41 bits per heavy atom. The fourth-order valence-electron chi connectivity index (χ4n) is 2.46. The lowest BCUT2D eigenvalue weighted by atomic mass is 10.3. The Balaban J connectivity index is 1.60. The molecule has 3 aromatic rings. The van der Waals surface area contributed by atoms with Gasteiger partial charge in [-0.3, -0.25) is 9.67 Å². The minimum Gasteiger partial charge on any atom is -0.467 e. The van der Waals surface area contributed by atoms with Crippen molar-refractivity contribution in [2.45, 2.75) is 25.4 Å². The molecule has 1 fully saturated rings. The van der Waals surface area contributed by atoms with E-state index in [0.717, 1.165) is 35.1 Å². The molecule has 0 radical (unpaired) electrons. The van der Waals surface area contributed by atoms with Crippen molar-refractivity contribution in [1.29, 1.82) is 0 Å². The van der Waals surface area contributed by atoms with Crippen LogP contribution in [0.15, 0.2) is 46.4 Å². The van der Waals surface area contributed by atoms with Crippen molar-refractivity contribution in [2.75, 3.05) is 0 Å². The molecule has 0 unspecified atom stereocenters. The first-order valence-corrected chi connectivity index (χ1v) is 7.41. The first kappa shape index (κ1) is 13.1. The van der Waals surface area contributed by atoms with Crippen molar-refractivity contribution in [3.63, 3.8) is 0 Å². The number of hydrogen-bond donors (Lipinski definition) is 1. The van der Waals surface area contributed by atoms with Crippen molar-refractivity contribution in [3.05, 3.63) is 48.3 Å². The number of hydrogen-bond acceptors (Lipinski definition) is 3. The number of fused-ring (bicyclic) bond motifs is 1. The monoisotopic (exact) mass is 296 g/mol. The Hall–Kier alpha value is -2.63. The van der Waals surface area contributed by atoms with Crippen LogP contribution in [0.3, 0.4) is 0 Å². The largest absolute Gasteiger partial charge is 0.467 e. The van der Waals surface area contributed by atoms with Crippen LogP contribution in [0.1, 0.15) is 24.2 Å². The second kappa shape index (κ2) is 4.98. The van der Waals surface area contributed by atoms with Gasteiger partial charge in [-0.15, -0.1) is 0 Å². The summed E-state index contributed by atoms with van der Waals surface area (Å²) in [4.78, 5) is 4.44. The molecule has 0 aromatic carbocycles. The number of nitrogens with zero attached hydrogens (tertiary/aromatic N) is 4. The summed E-state index contributed by atoms with van der Waals surface area (Å²) < 4.78 is 9.54. The number of furan rings is 1. The van der Waals surface area contributed by atoms with Crippen molar-refractivity contribution < 1.29 is 8.98 Å². The molecule has 2 N–H and O–H groups in total. The van der Waals surface area contributed by atoms with E-state index < -0.39 is 0 Å². The minimum atomic E-state index is 0.411. The average Bonchev–Trinajstić information content (AvgIpc) is 3.05. The van der Waals surface area contributed by atoms with Gasteiger partial charge < -0.3 is 10.2 Å². The van der Waals surface area contributed by atoms with E-state index in [0.29, 0.717) is 18.4 Å². The van der Waals surface area contributed by atoms with Gasteiger partial charge >= 0.3 is 0 Å². The standard InChI is InChI=1S/C16H18N5O/c1-20-5-4-11-7-18-21(15(11)9-20)8-14-6-12(10-22-14)16(17)19-13-2-3-13/h4-7,9-10,13H,2-3,8H2,1H3,(H2,17,19)/q+1. The molecule has 0 bridgehead atoms. The number of amidine groups is 1. The SMILES string of the molecule is C[n+]1ccc2cnn(Cc3cc(C(N)=NC4CC4)co3)c2c1. The third kappa shape index (κ3) is 2.47. The molecule has 0 saturated heterocycles. The molecule has 0 atom stereocenters. The number of aromatic nitrogens is 3. The molecule has 3 aromatic heterocycles. The summed E-state index contributed by atoms with van der Waals surface area (Å²) in [6.45, 7) is 0.574. The highest BCUT2D eigenvalue weighted by molar-refractivity contribution is 5.97. The summed E-state index contributed by atoms with van der Waals surface area (Å²) in [5.41, 5.74) is 7.92. The Morgan fingerprint density at radius 1 is 1.55 bits per heavy atom. The van der Waals surface area contributed by atoms with Crippen LogP contribution in [0.25, 0.3) is 10.9 Å². The highest BCUT2D eigenvalue weighted by Crippen LogP contribution is 2.24. The Morgan fingerprint density at radius 3 is 3.23 bits per heavy atom. The maximum atomic E-state index is 6.00. The van der Waals surface area contributed by atoms with Crippen LogP contribution in [-0.2, 0) is 13.6 Å². The number of rotatable bonds is 4. The van der Waals surface area contributed by atoms with Gasteiger partial charge in [-0.05, 0) is 18.9 Å². The second-order valence-electron chi connectivity index (χ2n) is 5.80. The van der Waals surface area contributed by atoms with Crippen LogP contribution in [0.5, 0.6) is 0 Å². The van der Waals surface area contributed by atoms with E-state index in [9.17, 15) is 0 Å². The molecule has 3 heterocycles. The third-order valence-electron chi connectivity index (χ3n) is 3.85. The molecule has 1 saturated carbocycles. The molecule has 1 aliphatic rings. The van der Waals surface area contributed by atoms with Crippen molar-refractivity contribution in [1.82, 2.24) is 9.78 Å². The molecule has 1 aliphatic carbocycles. The molecule has 0 aliphatic heterocycles. The topological polar surface area (TPSA) is 73.2 Å². The number of pyridine rings is 1. The molecule has 4 rings (SSSR count).